The minimum Gasteiger partial charge on any atom is -0.310 e. The third-order valence-electron chi connectivity index (χ3n) is 13.3. The second-order valence-corrected chi connectivity index (χ2v) is 17.5. The number of thiophene rings is 1. The summed E-state index contributed by atoms with van der Waals surface area (Å²) in [5.74, 6) is 0. The van der Waals surface area contributed by atoms with Gasteiger partial charge in [0.2, 0.25) is 0 Å². The lowest BCUT2D eigenvalue weighted by Gasteiger charge is -2.32. The van der Waals surface area contributed by atoms with Gasteiger partial charge in [-0.3, -0.25) is 0 Å². The zero-order valence-corrected chi connectivity index (χ0v) is 34.0. The molecule has 11 aromatic rings. The van der Waals surface area contributed by atoms with Crippen molar-refractivity contribution in [2.75, 3.05) is 4.90 Å². The van der Waals surface area contributed by atoms with Gasteiger partial charge in [0.15, 0.2) is 0 Å². The average Bonchev–Trinajstić information content (AvgIpc) is 3.95. The van der Waals surface area contributed by atoms with E-state index in [1.54, 1.807) is 0 Å². The standard InChI is InChI=1S/C59H37NS/c1-2-20-45-38(14-1)15-13-25-46(45)41-17-12-19-43(35-41)60(42-18-11-16-39(34-42)40-30-32-52-51-24-6-10-29-57(51)61-58(52)36-40)44-31-33-50-49-23-5-9-28-55(49)59(56(50)37-44)53-26-7-3-21-47(53)48-22-4-8-27-54(48)59/h1-37H. The highest BCUT2D eigenvalue weighted by Gasteiger charge is 2.51. The number of rotatable bonds is 5. The van der Waals surface area contributed by atoms with E-state index in [0.29, 0.717) is 0 Å². The van der Waals surface area contributed by atoms with Crippen molar-refractivity contribution in [3.8, 4) is 44.5 Å². The van der Waals surface area contributed by atoms with E-state index in [2.05, 4.69) is 229 Å². The molecule has 61 heavy (non-hydrogen) atoms. The molecule has 1 nitrogen and oxygen atoms in total. The van der Waals surface area contributed by atoms with E-state index < -0.39 is 5.41 Å². The Morgan fingerprint density at radius 1 is 0.295 bits per heavy atom. The van der Waals surface area contributed by atoms with Gasteiger partial charge in [0.25, 0.3) is 0 Å². The molecule has 1 heterocycles. The summed E-state index contributed by atoms with van der Waals surface area (Å²) in [7, 11) is 0. The Morgan fingerprint density at radius 2 is 0.803 bits per heavy atom. The molecule has 0 radical (unpaired) electrons. The number of hydrogen-bond donors (Lipinski definition) is 0. The predicted octanol–water partition coefficient (Wildman–Crippen LogP) is 16.4. The summed E-state index contributed by atoms with van der Waals surface area (Å²) < 4.78 is 2.63. The van der Waals surface area contributed by atoms with Gasteiger partial charge in [0.1, 0.15) is 0 Å². The van der Waals surface area contributed by atoms with Crippen LogP contribution in [0.2, 0.25) is 0 Å². The highest BCUT2D eigenvalue weighted by molar-refractivity contribution is 7.25. The maximum Gasteiger partial charge on any atom is 0.0726 e. The zero-order valence-electron chi connectivity index (χ0n) is 33.2. The highest BCUT2D eigenvalue weighted by Crippen LogP contribution is 2.63. The Morgan fingerprint density at radius 3 is 1.54 bits per heavy atom. The summed E-state index contributed by atoms with van der Waals surface area (Å²) in [5, 5.41) is 5.13. The van der Waals surface area contributed by atoms with Crippen molar-refractivity contribution in [2.45, 2.75) is 5.41 Å². The van der Waals surface area contributed by atoms with E-state index in [1.807, 2.05) is 11.3 Å². The van der Waals surface area contributed by atoms with Crippen molar-refractivity contribution in [1.82, 2.24) is 0 Å². The average molecular weight is 792 g/mol. The number of hydrogen-bond acceptors (Lipinski definition) is 2. The summed E-state index contributed by atoms with van der Waals surface area (Å²) in [6.45, 7) is 0. The summed E-state index contributed by atoms with van der Waals surface area (Å²) in [5.41, 5.74) is 18.3. The molecule has 284 valence electrons. The number of anilines is 3. The normalized spacial score (nSPS) is 13.0. The molecule has 0 amide bonds. The number of fused-ring (bicyclic) bond motifs is 14. The maximum absolute atomic E-state index is 2.49. The smallest absolute Gasteiger partial charge is 0.0726 e. The number of benzene rings is 10. The molecular formula is C59H37NS. The zero-order chi connectivity index (χ0) is 40.1. The largest absolute Gasteiger partial charge is 0.310 e. The van der Waals surface area contributed by atoms with Crippen LogP contribution in [0.5, 0.6) is 0 Å². The van der Waals surface area contributed by atoms with E-state index in [4.69, 9.17) is 0 Å². The van der Waals surface area contributed by atoms with E-state index in [0.717, 1.165) is 17.1 Å². The highest BCUT2D eigenvalue weighted by atomic mass is 32.1. The van der Waals surface area contributed by atoms with Gasteiger partial charge in [-0.2, -0.15) is 0 Å². The monoisotopic (exact) mass is 791 g/mol. The van der Waals surface area contributed by atoms with Crippen molar-refractivity contribution in [2.24, 2.45) is 0 Å². The molecule has 2 aliphatic rings. The van der Waals surface area contributed by atoms with E-state index in [-0.39, 0.29) is 0 Å². The second-order valence-electron chi connectivity index (χ2n) is 16.4. The lowest BCUT2D eigenvalue weighted by atomic mass is 9.70. The molecule has 2 heteroatoms. The maximum atomic E-state index is 2.49. The predicted molar refractivity (Wildman–Crippen MR) is 259 cm³/mol. The molecule has 0 aliphatic heterocycles. The van der Waals surface area contributed by atoms with Crippen LogP contribution in [-0.2, 0) is 5.41 Å². The third-order valence-corrected chi connectivity index (χ3v) is 14.4. The van der Waals surface area contributed by atoms with E-state index >= 15 is 0 Å². The van der Waals surface area contributed by atoms with Gasteiger partial charge in [-0.15, -0.1) is 11.3 Å². The molecule has 13 rings (SSSR count). The van der Waals surface area contributed by atoms with Crippen LogP contribution in [0, 0.1) is 0 Å². The molecular weight excluding hydrogens is 755 g/mol. The van der Waals surface area contributed by atoms with Crippen LogP contribution in [0.3, 0.4) is 0 Å². The molecule has 1 spiro atoms. The topological polar surface area (TPSA) is 3.24 Å². The SMILES string of the molecule is c1cc(-c2ccc3c(c2)sc2ccccc23)cc(N(c2cccc(-c3cccc4ccccc34)c2)c2ccc3c(c2)C2(c4ccccc4-c4ccccc42)c2ccccc2-3)c1. The van der Waals surface area contributed by atoms with Gasteiger partial charge in [0, 0.05) is 37.2 Å². The van der Waals surface area contributed by atoms with Crippen LogP contribution >= 0.6 is 11.3 Å². The molecule has 0 atom stereocenters. The van der Waals surface area contributed by atoms with Crippen molar-refractivity contribution >= 4 is 59.3 Å². The molecule has 1 aromatic heterocycles. The van der Waals surface area contributed by atoms with Crippen molar-refractivity contribution < 1.29 is 0 Å². The van der Waals surface area contributed by atoms with E-state index in [9.17, 15) is 0 Å². The lowest BCUT2D eigenvalue weighted by Crippen LogP contribution is -2.26. The third kappa shape index (κ3) is 5.00. The van der Waals surface area contributed by atoms with Gasteiger partial charge in [-0.25, -0.2) is 0 Å². The molecule has 2 aliphatic carbocycles. The van der Waals surface area contributed by atoms with Crippen LogP contribution in [0.25, 0.3) is 75.5 Å². The molecule has 0 unspecified atom stereocenters. The second kappa shape index (κ2) is 13.2. The molecule has 0 N–H and O–H groups in total. The van der Waals surface area contributed by atoms with Gasteiger partial charge < -0.3 is 4.90 Å². The molecule has 0 saturated heterocycles. The van der Waals surface area contributed by atoms with Crippen LogP contribution < -0.4 is 4.90 Å². The molecule has 0 bridgehead atoms. The van der Waals surface area contributed by atoms with Gasteiger partial charge in [-0.05, 0) is 126 Å². The Hall–Kier alpha value is -7.52. The van der Waals surface area contributed by atoms with E-state index in [1.165, 1.54) is 97.7 Å². The first-order valence-corrected chi connectivity index (χ1v) is 21.9. The quantitative estimate of drug-likeness (QED) is 0.168. The van der Waals surface area contributed by atoms with Crippen LogP contribution in [0.15, 0.2) is 224 Å². The van der Waals surface area contributed by atoms with Crippen LogP contribution in [-0.4, -0.2) is 0 Å². The summed E-state index contributed by atoms with van der Waals surface area (Å²) in [4.78, 5) is 2.47. The lowest BCUT2D eigenvalue weighted by molar-refractivity contribution is 0.793. The van der Waals surface area contributed by atoms with Crippen LogP contribution in [0.4, 0.5) is 17.1 Å². The van der Waals surface area contributed by atoms with Gasteiger partial charge >= 0.3 is 0 Å². The van der Waals surface area contributed by atoms with Crippen molar-refractivity contribution in [1.29, 1.82) is 0 Å². The minimum absolute atomic E-state index is 0.437. The first-order valence-electron chi connectivity index (χ1n) is 21.1. The molecule has 10 aromatic carbocycles. The molecule has 0 saturated carbocycles. The fraction of sp³-hybridized carbons (Fsp3) is 0.0169. The minimum atomic E-state index is -0.437. The Labute approximate surface area is 359 Å². The Kier molecular flexibility index (Phi) is 7.46. The van der Waals surface area contributed by atoms with Crippen molar-refractivity contribution in [3.05, 3.63) is 247 Å². The number of nitrogens with zero attached hydrogens (tertiary/aromatic N) is 1. The van der Waals surface area contributed by atoms with Gasteiger partial charge in [0.05, 0.1) is 5.41 Å². The summed E-state index contributed by atoms with van der Waals surface area (Å²) in [6, 6.07) is 83.6. The summed E-state index contributed by atoms with van der Waals surface area (Å²) in [6.07, 6.45) is 0. The first kappa shape index (κ1) is 34.4. The fourth-order valence-corrected chi connectivity index (χ4v) is 11.8. The Bertz CT molecular complexity index is 3500. The molecule has 0 fully saturated rings. The Balaban J connectivity index is 1.04. The van der Waals surface area contributed by atoms with Crippen LogP contribution in [0.1, 0.15) is 22.3 Å². The van der Waals surface area contributed by atoms with Gasteiger partial charge in [-0.1, -0.05) is 176 Å². The fourth-order valence-electron chi connectivity index (χ4n) is 10.7. The summed E-state index contributed by atoms with van der Waals surface area (Å²) >= 11 is 1.87. The first-order chi connectivity index (χ1) is 30.2. The van der Waals surface area contributed by atoms with Crippen molar-refractivity contribution in [3.63, 3.8) is 0 Å².